The second-order valence-electron chi connectivity index (χ2n) is 5.43. The lowest BCUT2D eigenvalue weighted by molar-refractivity contribution is -0.143. The number of ether oxygens (including phenoxy) is 3. The van der Waals surface area contributed by atoms with Gasteiger partial charge in [0.2, 0.25) is 0 Å². The van der Waals surface area contributed by atoms with Gasteiger partial charge < -0.3 is 19.5 Å². The van der Waals surface area contributed by atoms with Crippen LogP contribution in [0.1, 0.15) is 15.9 Å². The van der Waals surface area contributed by atoms with Crippen molar-refractivity contribution in [3.05, 3.63) is 58.4 Å². The average Bonchev–Trinajstić information content (AvgIpc) is 2.65. The SMILES string of the molecule is O=C(CNC(=O)c1ccccc1F)OCc1cc(Cl)c2c(c1)OCCO2. The first-order chi connectivity index (χ1) is 12.5. The fourth-order valence-electron chi connectivity index (χ4n) is 2.36. The number of hydrogen-bond donors (Lipinski definition) is 1. The summed E-state index contributed by atoms with van der Waals surface area (Å²) >= 11 is 6.11. The van der Waals surface area contributed by atoms with E-state index in [9.17, 15) is 14.0 Å². The summed E-state index contributed by atoms with van der Waals surface area (Å²) in [5.74, 6) is -1.07. The van der Waals surface area contributed by atoms with Gasteiger partial charge in [0.15, 0.2) is 11.5 Å². The average molecular weight is 380 g/mol. The Kier molecular flexibility index (Phi) is 5.58. The standard InChI is InChI=1S/C18H15ClFNO5/c19-13-7-11(8-15-17(13)25-6-5-24-15)10-26-16(22)9-21-18(23)12-3-1-2-4-14(12)20/h1-4,7-8H,5-6,9-10H2,(H,21,23). The van der Waals surface area contributed by atoms with Crippen molar-refractivity contribution in [2.24, 2.45) is 0 Å². The Balaban J connectivity index is 1.52. The third kappa shape index (κ3) is 4.23. The summed E-state index contributed by atoms with van der Waals surface area (Å²) in [4.78, 5) is 23.6. The van der Waals surface area contributed by atoms with E-state index in [0.29, 0.717) is 35.3 Å². The zero-order chi connectivity index (χ0) is 18.5. The molecule has 0 atom stereocenters. The third-order valence-corrected chi connectivity index (χ3v) is 3.85. The maximum atomic E-state index is 13.5. The van der Waals surface area contributed by atoms with Crippen LogP contribution in [0.5, 0.6) is 11.5 Å². The van der Waals surface area contributed by atoms with Gasteiger partial charge in [-0.3, -0.25) is 9.59 Å². The van der Waals surface area contributed by atoms with Gasteiger partial charge in [0.1, 0.15) is 32.2 Å². The van der Waals surface area contributed by atoms with Gasteiger partial charge in [0, 0.05) is 0 Å². The molecule has 0 radical (unpaired) electrons. The maximum absolute atomic E-state index is 13.5. The van der Waals surface area contributed by atoms with Crippen molar-refractivity contribution >= 4 is 23.5 Å². The molecular formula is C18H15ClFNO5. The zero-order valence-electron chi connectivity index (χ0n) is 13.6. The molecule has 0 aliphatic carbocycles. The fraction of sp³-hybridized carbons (Fsp3) is 0.222. The van der Waals surface area contributed by atoms with Gasteiger partial charge >= 0.3 is 5.97 Å². The molecule has 1 aliphatic heterocycles. The minimum Gasteiger partial charge on any atom is -0.486 e. The highest BCUT2D eigenvalue weighted by Crippen LogP contribution is 2.38. The lowest BCUT2D eigenvalue weighted by Gasteiger charge is -2.20. The van der Waals surface area contributed by atoms with Gasteiger partial charge in [-0.1, -0.05) is 23.7 Å². The van der Waals surface area contributed by atoms with Crippen LogP contribution in [0.15, 0.2) is 36.4 Å². The Morgan fingerprint density at radius 3 is 2.77 bits per heavy atom. The van der Waals surface area contributed by atoms with Crippen molar-refractivity contribution < 1.29 is 28.2 Å². The number of nitrogens with one attached hydrogen (secondary N) is 1. The molecule has 2 aromatic carbocycles. The van der Waals surface area contributed by atoms with E-state index >= 15 is 0 Å². The molecule has 0 fully saturated rings. The summed E-state index contributed by atoms with van der Waals surface area (Å²) < 4.78 is 29.4. The number of halogens is 2. The monoisotopic (exact) mass is 379 g/mol. The molecule has 6 nitrogen and oxygen atoms in total. The summed E-state index contributed by atoms with van der Waals surface area (Å²) in [5, 5.41) is 2.68. The molecule has 0 spiro atoms. The molecule has 1 N–H and O–H groups in total. The van der Waals surface area contributed by atoms with Crippen LogP contribution in [0.2, 0.25) is 5.02 Å². The Labute approximate surface area is 153 Å². The topological polar surface area (TPSA) is 73.9 Å². The van der Waals surface area contributed by atoms with E-state index < -0.39 is 17.7 Å². The number of benzene rings is 2. The van der Waals surface area contributed by atoms with Gasteiger partial charge in [0.25, 0.3) is 5.91 Å². The number of hydrogen-bond acceptors (Lipinski definition) is 5. The van der Waals surface area contributed by atoms with Crippen molar-refractivity contribution in [2.75, 3.05) is 19.8 Å². The molecule has 136 valence electrons. The first-order valence-corrected chi connectivity index (χ1v) is 8.19. The van der Waals surface area contributed by atoms with Crippen molar-refractivity contribution in [1.82, 2.24) is 5.32 Å². The normalized spacial score (nSPS) is 12.4. The summed E-state index contributed by atoms with van der Waals surface area (Å²) in [6.07, 6.45) is 0. The van der Waals surface area contributed by atoms with Gasteiger partial charge in [-0.2, -0.15) is 0 Å². The highest BCUT2D eigenvalue weighted by molar-refractivity contribution is 6.32. The predicted octanol–water partition coefficient (Wildman–Crippen LogP) is 2.72. The van der Waals surface area contributed by atoms with Crippen molar-refractivity contribution in [1.29, 1.82) is 0 Å². The number of carbonyl (C=O) groups excluding carboxylic acids is 2. The maximum Gasteiger partial charge on any atom is 0.325 e. The van der Waals surface area contributed by atoms with Gasteiger partial charge in [0.05, 0.1) is 10.6 Å². The Morgan fingerprint density at radius 2 is 1.96 bits per heavy atom. The second-order valence-corrected chi connectivity index (χ2v) is 5.83. The van der Waals surface area contributed by atoms with Crippen LogP contribution in [-0.4, -0.2) is 31.6 Å². The molecule has 1 amide bonds. The van der Waals surface area contributed by atoms with Crippen LogP contribution in [0.3, 0.4) is 0 Å². The van der Waals surface area contributed by atoms with Crippen LogP contribution in [-0.2, 0) is 16.1 Å². The summed E-state index contributed by atoms with van der Waals surface area (Å²) in [7, 11) is 0. The van der Waals surface area contributed by atoms with Crippen molar-refractivity contribution in [3.63, 3.8) is 0 Å². The lowest BCUT2D eigenvalue weighted by atomic mass is 10.2. The molecule has 0 saturated carbocycles. The summed E-state index contributed by atoms with van der Waals surface area (Å²) in [5.41, 5.74) is 0.479. The predicted molar refractivity (Wildman–Crippen MR) is 91.0 cm³/mol. The highest BCUT2D eigenvalue weighted by atomic mass is 35.5. The van der Waals surface area contributed by atoms with E-state index in [1.165, 1.54) is 24.3 Å². The summed E-state index contributed by atoms with van der Waals surface area (Å²) in [6, 6.07) is 8.78. The first-order valence-electron chi connectivity index (χ1n) is 7.81. The van der Waals surface area contributed by atoms with Gasteiger partial charge in [-0.05, 0) is 29.8 Å². The minimum absolute atomic E-state index is 0.0508. The molecule has 1 heterocycles. The van der Waals surface area contributed by atoms with E-state index in [1.807, 2.05) is 0 Å². The molecule has 0 bridgehead atoms. The third-order valence-electron chi connectivity index (χ3n) is 3.57. The number of carbonyl (C=O) groups is 2. The molecule has 0 saturated heterocycles. The molecule has 26 heavy (non-hydrogen) atoms. The molecule has 3 rings (SSSR count). The largest absolute Gasteiger partial charge is 0.486 e. The second kappa shape index (κ2) is 8.05. The molecule has 0 unspecified atom stereocenters. The van der Waals surface area contributed by atoms with Gasteiger partial charge in [-0.25, -0.2) is 4.39 Å². The van der Waals surface area contributed by atoms with E-state index in [2.05, 4.69) is 5.32 Å². The lowest BCUT2D eigenvalue weighted by Crippen LogP contribution is -2.31. The number of esters is 1. The minimum atomic E-state index is -0.692. The molecular weight excluding hydrogens is 365 g/mol. The Hall–Kier alpha value is -2.80. The Bertz CT molecular complexity index is 842. The van der Waals surface area contributed by atoms with Crippen LogP contribution >= 0.6 is 11.6 Å². The quantitative estimate of drug-likeness (QED) is 0.809. The van der Waals surface area contributed by atoms with Crippen LogP contribution in [0.4, 0.5) is 4.39 Å². The van der Waals surface area contributed by atoms with Crippen LogP contribution in [0, 0.1) is 5.82 Å². The zero-order valence-corrected chi connectivity index (χ0v) is 14.3. The summed E-state index contributed by atoms with van der Waals surface area (Å²) in [6.45, 7) is 0.396. The molecule has 0 aromatic heterocycles. The fourth-order valence-corrected chi connectivity index (χ4v) is 2.64. The smallest absolute Gasteiger partial charge is 0.325 e. The van der Waals surface area contributed by atoms with Crippen molar-refractivity contribution in [2.45, 2.75) is 6.61 Å². The number of amides is 1. The highest BCUT2D eigenvalue weighted by Gasteiger charge is 2.17. The van der Waals surface area contributed by atoms with Crippen LogP contribution in [0.25, 0.3) is 0 Å². The van der Waals surface area contributed by atoms with E-state index in [0.717, 1.165) is 0 Å². The first kappa shape index (κ1) is 18.0. The Morgan fingerprint density at radius 1 is 1.19 bits per heavy atom. The molecule has 2 aromatic rings. The number of fused-ring (bicyclic) bond motifs is 1. The van der Waals surface area contributed by atoms with E-state index in [-0.39, 0.29) is 18.7 Å². The van der Waals surface area contributed by atoms with Gasteiger partial charge in [-0.15, -0.1) is 0 Å². The number of rotatable bonds is 5. The molecule has 1 aliphatic rings. The van der Waals surface area contributed by atoms with Crippen LogP contribution < -0.4 is 14.8 Å². The van der Waals surface area contributed by atoms with Crippen molar-refractivity contribution in [3.8, 4) is 11.5 Å². The van der Waals surface area contributed by atoms with E-state index in [4.69, 9.17) is 25.8 Å². The molecule has 8 heteroatoms. The van der Waals surface area contributed by atoms with E-state index in [1.54, 1.807) is 12.1 Å².